The molecule has 5 heteroatoms. The van der Waals surface area contributed by atoms with Crippen molar-refractivity contribution in [2.45, 2.75) is 6.18 Å². The van der Waals surface area contributed by atoms with Crippen LogP contribution in [0.15, 0.2) is 115 Å². The van der Waals surface area contributed by atoms with Crippen LogP contribution in [-0.2, 0) is 6.18 Å². The van der Waals surface area contributed by atoms with Crippen LogP contribution < -0.4 is 15.9 Å². The highest BCUT2D eigenvalue weighted by atomic mass is 31.1. The molecule has 4 aromatic carbocycles. The third kappa shape index (κ3) is 4.27. The summed E-state index contributed by atoms with van der Waals surface area (Å²) in [7, 11) is -0.878. The zero-order chi connectivity index (χ0) is 22.8. The van der Waals surface area contributed by atoms with Crippen LogP contribution in [-0.4, -0.2) is 4.98 Å². The molecular formula is C28H19F3NP. The summed E-state index contributed by atoms with van der Waals surface area (Å²) in [5, 5.41) is 5.68. The lowest BCUT2D eigenvalue weighted by atomic mass is 9.99. The van der Waals surface area contributed by atoms with Crippen LogP contribution in [0, 0.1) is 0 Å². The van der Waals surface area contributed by atoms with Crippen molar-refractivity contribution in [1.82, 2.24) is 4.98 Å². The van der Waals surface area contributed by atoms with E-state index in [9.17, 15) is 13.2 Å². The van der Waals surface area contributed by atoms with Gasteiger partial charge in [-0.1, -0.05) is 103 Å². The third-order valence-electron chi connectivity index (χ3n) is 5.52. The lowest BCUT2D eigenvalue weighted by Crippen LogP contribution is -2.21. The molecule has 1 heterocycles. The van der Waals surface area contributed by atoms with Crippen molar-refractivity contribution < 1.29 is 13.2 Å². The number of hydrogen-bond donors (Lipinski definition) is 0. The molecular weight excluding hydrogens is 438 g/mol. The van der Waals surface area contributed by atoms with Gasteiger partial charge in [0, 0.05) is 11.8 Å². The molecule has 0 bridgehead atoms. The maximum atomic E-state index is 13.1. The van der Waals surface area contributed by atoms with Crippen LogP contribution in [0.1, 0.15) is 5.69 Å². The maximum Gasteiger partial charge on any atom is 0.433 e. The van der Waals surface area contributed by atoms with E-state index in [0.29, 0.717) is 5.56 Å². The number of benzene rings is 4. The molecule has 0 unspecified atom stereocenters. The average Bonchev–Trinajstić information content (AvgIpc) is 2.85. The molecule has 1 nitrogen and oxygen atoms in total. The molecule has 0 atom stereocenters. The van der Waals surface area contributed by atoms with Gasteiger partial charge in [-0.25, -0.2) is 0 Å². The summed E-state index contributed by atoms with van der Waals surface area (Å²) in [5.41, 5.74) is 0.656. The second-order valence-electron chi connectivity index (χ2n) is 7.62. The van der Waals surface area contributed by atoms with E-state index < -0.39 is 19.8 Å². The molecule has 5 rings (SSSR count). The minimum atomic E-state index is -4.46. The summed E-state index contributed by atoms with van der Waals surface area (Å²) in [6, 6.07) is 35.5. The number of hydrogen-bond acceptors (Lipinski definition) is 1. The van der Waals surface area contributed by atoms with E-state index in [1.807, 2.05) is 66.7 Å². The fourth-order valence-electron chi connectivity index (χ4n) is 4.05. The summed E-state index contributed by atoms with van der Waals surface area (Å²) in [4.78, 5) is 3.70. The highest BCUT2D eigenvalue weighted by Crippen LogP contribution is 2.39. The highest BCUT2D eigenvalue weighted by molar-refractivity contribution is 7.80. The normalized spacial score (nSPS) is 11.8. The van der Waals surface area contributed by atoms with Crippen molar-refractivity contribution in [3.8, 4) is 11.1 Å². The summed E-state index contributed by atoms with van der Waals surface area (Å²) < 4.78 is 39.2. The van der Waals surface area contributed by atoms with E-state index in [-0.39, 0.29) is 0 Å². The Morgan fingerprint density at radius 2 is 1.21 bits per heavy atom. The number of rotatable bonds is 4. The van der Waals surface area contributed by atoms with Gasteiger partial charge in [0.1, 0.15) is 5.69 Å². The molecule has 0 aliphatic heterocycles. The van der Waals surface area contributed by atoms with Gasteiger partial charge >= 0.3 is 6.18 Å². The van der Waals surface area contributed by atoms with Crippen LogP contribution in [0.3, 0.4) is 0 Å². The number of halogens is 3. The molecule has 0 radical (unpaired) electrons. The quantitative estimate of drug-likeness (QED) is 0.275. The lowest BCUT2D eigenvalue weighted by Gasteiger charge is -2.22. The Hall–Kier alpha value is -3.49. The zero-order valence-electron chi connectivity index (χ0n) is 17.5. The summed E-state index contributed by atoms with van der Waals surface area (Å²) in [6.45, 7) is 0. The van der Waals surface area contributed by atoms with Crippen LogP contribution in [0.5, 0.6) is 0 Å². The fourth-order valence-corrected chi connectivity index (χ4v) is 6.55. The monoisotopic (exact) mass is 457 g/mol. The van der Waals surface area contributed by atoms with Gasteiger partial charge in [0.2, 0.25) is 0 Å². The summed E-state index contributed by atoms with van der Waals surface area (Å²) in [5.74, 6) is 0. The Morgan fingerprint density at radius 3 is 1.76 bits per heavy atom. The average molecular weight is 457 g/mol. The van der Waals surface area contributed by atoms with Gasteiger partial charge in [0.25, 0.3) is 0 Å². The molecule has 0 saturated heterocycles. The van der Waals surface area contributed by atoms with E-state index in [0.717, 1.165) is 27.7 Å². The SMILES string of the molecule is FC(F)(F)c1ccc(-c2cccc3cccc(P(c4ccccc4)c4ccccc4)c23)cn1. The van der Waals surface area contributed by atoms with Gasteiger partial charge in [0.15, 0.2) is 0 Å². The van der Waals surface area contributed by atoms with Gasteiger partial charge in [-0.05, 0) is 46.2 Å². The van der Waals surface area contributed by atoms with E-state index >= 15 is 0 Å². The smallest absolute Gasteiger partial charge is 0.251 e. The second-order valence-corrected chi connectivity index (χ2v) is 9.80. The number of aromatic nitrogens is 1. The molecule has 5 aromatic rings. The first-order valence-electron chi connectivity index (χ1n) is 10.5. The Balaban J connectivity index is 1.75. The van der Waals surface area contributed by atoms with Crippen LogP contribution in [0.2, 0.25) is 0 Å². The van der Waals surface area contributed by atoms with Gasteiger partial charge in [-0.15, -0.1) is 0 Å². The van der Waals surface area contributed by atoms with Gasteiger partial charge < -0.3 is 0 Å². The molecule has 162 valence electrons. The zero-order valence-corrected chi connectivity index (χ0v) is 18.4. The van der Waals surface area contributed by atoms with Crippen molar-refractivity contribution in [2.24, 2.45) is 0 Å². The molecule has 0 N–H and O–H groups in total. The maximum absolute atomic E-state index is 13.1. The van der Waals surface area contributed by atoms with Crippen molar-refractivity contribution in [3.05, 3.63) is 121 Å². The lowest BCUT2D eigenvalue weighted by molar-refractivity contribution is -0.141. The van der Waals surface area contributed by atoms with Crippen molar-refractivity contribution in [1.29, 1.82) is 0 Å². The van der Waals surface area contributed by atoms with Gasteiger partial charge in [0.05, 0.1) is 0 Å². The molecule has 33 heavy (non-hydrogen) atoms. The van der Waals surface area contributed by atoms with Gasteiger partial charge in [-0.3, -0.25) is 4.98 Å². The highest BCUT2D eigenvalue weighted by Gasteiger charge is 2.32. The van der Waals surface area contributed by atoms with Gasteiger partial charge in [-0.2, -0.15) is 13.2 Å². The number of alkyl halides is 3. The third-order valence-corrected chi connectivity index (χ3v) is 8.00. The van der Waals surface area contributed by atoms with E-state index in [1.54, 1.807) is 0 Å². The number of nitrogens with zero attached hydrogens (tertiary/aromatic N) is 1. The van der Waals surface area contributed by atoms with Crippen LogP contribution in [0.25, 0.3) is 21.9 Å². The first-order chi connectivity index (χ1) is 16.0. The summed E-state index contributed by atoms with van der Waals surface area (Å²) >= 11 is 0. The van der Waals surface area contributed by atoms with E-state index in [2.05, 4.69) is 35.3 Å². The molecule has 0 aliphatic carbocycles. The second kappa shape index (κ2) is 8.80. The molecule has 0 amide bonds. The van der Waals surface area contributed by atoms with E-state index in [1.165, 1.54) is 22.9 Å². The first-order valence-corrected chi connectivity index (χ1v) is 11.8. The fraction of sp³-hybridized carbons (Fsp3) is 0.0357. The summed E-state index contributed by atoms with van der Waals surface area (Å²) in [6.07, 6.45) is -3.14. The Kier molecular flexibility index (Phi) is 5.70. The predicted octanol–water partition coefficient (Wildman–Crippen LogP) is 6.68. The molecule has 1 aromatic heterocycles. The van der Waals surface area contributed by atoms with Crippen LogP contribution >= 0.6 is 7.92 Å². The first kappa shape index (κ1) is 21.4. The van der Waals surface area contributed by atoms with Crippen molar-refractivity contribution >= 4 is 34.6 Å². The number of fused-ring (bicyclic) bond motifs is 1. The predicted molar refractivity (Wildman–Crippen MR) is 131 cm³/mol. The Morgan fingerprint density at radius 1 is 0.606 bits per heavy atom. The standard InChI is InChI=1S/C28H19F3NP/c29-28(30,31)26-18-17-21(19-32-26)24-15-7-9-20-10-8-16-25(27(20)24)33(22-11-3-1-4-12-22)23-13-5-2-6-14-23/h1-19H. The Labute approximate surface area is 191 Å². The minimum Gasteiger partial charge on any atom is -0.251 e. The number of pyridine rings is 1. The molecule has 0 aliphatic rings. The molecule has 0 fully saturated rings. The van der Waals surface area contributed by atoms with E-state index in [4.69, 9.17) is 0 Å². The Bertz CT molecular complexity index is 1340. The molecule has 0 saturated carbocycles. The van der Waals surface area contributed by atoms with Crippen molar-refractivity contribution in [2.75, 3.05) is 0 Å². The topological polar surface area (TPSA) is 12.9 Å². The van der Waals surface area contributed by atoms with Crippen LogP contribution in [0.4, 0.5) is 13.2 Å². The molecule has 0 spiro atoms. The van der Waals surface area contributed by atoms with Crippen molar-refractivity contribution in [3.63, 3.8) is 0 Å². The minimum absolute atomic E-state index is 0.664. The largest absolute Gasteiger partial charge is 0.433 e.